The van der Waals surface area contributed by atoms with Crippen molar-refractivity contribution >= 4 is 0 Å². The number of benzene rings is 1. The summed E-state index contributed by atoms with van der Waals surface area (Å²) >= 11 is 0. The van der Waals surface area contributed by atoms with Crippen LogP contribution in [-0.4, -0.2) is 40.9 Å². The van der Waals surface area contributed by atoms with Crippen molar-refractivity contribution < 1.29 is 14.6 Å². The molecule has 3 N–H and O–H groups in total. The van der Waals surface area contributed by atoms with Gasteiger partial charge in [0.1, 0.15) is 0 Å². The van der Waals surface area contributed by atoms with Crippen LogP contribution in [0.15, 0.2) is 18.2 Å². The molecule has 7 heteroatoms. The number of aromatic nitrogens is 3. The maximum absolute atomic E-state index is 9.09. The van der Waals surface area contributed by atoms with Gasteiger partial charge in [-0.15, -0.1) is 5.10 Å². The lowest BCUT2D eigenvalue weighted by Crippen LogP contribution is -2.11. The first-order chi connectivity index (χ1) is 10.2. The average Bonchev–Trinajstić information content (AvgIpc) is 2.89. The lowest BCUT2D eigenvalue weighted by molar-refractivity contribution is 0.266. The van der Waals surface area contributed by atoms with Crippen LogP contribution in [0.3, 0.4) is 0 Å². The Bertz CT molecular complexity index is 598. The molecule has 0 saturated carbocycles. The number of aliphatic hydroxyl groups is 1. The highest BCUT2D eigenvalue weighted by molar-refractivity contribution is 5.44. The predicted molar refractivity (Wildman–Crippen MR) is 77.4 cm³/mol. The van der Waals surface area contributed by atoms with Crippen LogP contribution in [0.1, 0.15) is 17.0 Å². The van der Waals surface area contributed by atoms with E-state index in [1.165, 1.54) is 0 Å². The van der Waals surface area contributed by atoms with Crippen molar-refractivity contribution in [2.45, 2.75) is 19.5 Å². The molecular weight excluding hydrogens is 272 g/mol. The smallest absolute Gasteiger partial charge is 0.160 e. The van der Waals surface area contributed by atoms with Crippen LogP contribution < -0.4 is 15.2 Å². The third-order valence-corrected chi connectivity index (χ3v) is 3.24. The van der Waals surface area contributed by atoms with Crippen molar-refractivity contribution in [2.75, 3.05) is 20.8 Å². The van der Waals surface area contributed by atoms with Gasteiger partial charge in [-0.1, -0.05) is 11.3 Å². The van der Waals surface area contributed by atoms with Gasteiger partial charge < -0.3 is 20.3 Å². The standard InChI is InChI=1S/C14H20N4O3/c1-20-13-4-3-10(8-14(13)21-2)7-12-11(9-15)16-17-18(12)5-6-19/h3-4,8,19H,5-7,9,15H2,1-2H3. The maximum Gasteiger partial charge on any atom is 0.160 e. The van der Waals surface area contributed by atoms with Gasteiger partial charge in [0.15, 0.2) is 11.5 Å². The Labute approximate surface area is 123 Å². The molecule has 0 atom stereocenters. The summed E-state index contributed by atoms with van der Waals surface area (Å²) in [6.07, 6.45) is 0.611. The minimum absolute atomic E-state index is 0.00626. The molecule has 0 aliphatic rings. The van der Waals surface area contributed by atoms with E-state index in [0.717, 1.165) is 17.0 Å². The third-order valence-electron chi connectivity index (χ3n) is 3.24. The SMILES string of the molecule is COc1ccc(Cc2c(CN)nnn2CCO)cc1OC. The lowest BCUT2D eigenvalue weighted by atomic mass is 10.1. The van der Waals surface area contributed by atoms with Crippen molar-refractivity contribution in [1.82, 2.24) is 15.0 Å². The number of methoxy groups -OCH3 is 2. The van der Waals surface area contributed by atoms with Crippen molar-refractivity contribution in [1.29, 1.82) is 0 Å². The average molecular weight is 292 g/mol. The highest BCUT2D eigenvalue weighted by Crippen LogP contribution is 2.28. The molecule has 0 aliphatic carbocycles. The number of aliphatic hydroxyl groups excluding tert-OH is 1. The molecule has 21 heavy (non-hydrogen) atoms. The molecule has 0 radical (unpaired) electrons. The largest absolute Gasteiger partial charge is 0.493 e. The van der Waals surface area contributed by atoms with Gasteiger partial charge in [0.25, 0.3) is 0 Å². The summed E-state index contributed by atoms with van der Waals surface area (Å²) in [6, 6.07) is 5.73. The van der Waals surface area contributed by atoms with Crippen LogP contribution >= 0.6 is 0 Å². The second-order valence-electron chi connectivity index (χ2n) is 4.50. The van der Waals surface area contributed by atoms with E-state index in [0.29, 0.717) is 31.0 Å². The van der Waals surface area contributed by atoms with E-state index >= 15 is 0 Å². The Hall–Kier alpha value is -2.12. The van der Waals surface area contributed by atoms with Gasteiger partial charge in [-0.25, -0.2) is 4.68 Å². The van der Waals surface area contributed by atoms with Gasteiger partial charge in [0, 0.05) is 13.0 Å². The van der Waals surface area contributed by atoms with E-state index in [1.54, 1.807) is 18.9 Å². The highest BCUT2D eigenvalue weighted by Gasteiger charge is 2.13. The molecule has 2 aromatic rings. The third kappa shape index (κ3) is 3.32. The normalized spacial score (nSPS) is 10.7. The number of nitrogens with two attached hydrogens (primary N) is 1. The zero-order valence-corrected chi connectivity index (χ0v) is 12.2. The van der Waals surface area contributed by atoms with Crippen LogP contribution in [0, 0.1) is 0 Å². The highest BCUT2D eigenvalue weighted by atomic mass is 16.5. The number of nitrogens with zero attached hydrogens (tertiary/aromatic N) is 3. The first kappa shape index (κ1) is 15.3. The molecule has 0 spiro atoms. The minimum atomic E-state index is 0.00626. The summed E-state index contributed by atoms with van der Waals surface area (Å²) < 4.78 is 12.2. The fraction of sp³-hybridized carbons (Fsp3) is 0.429. The van der Waals surface area contributed by atoms with Crippen LogP contribution in [0.2, 0.25) is 0 Å². The second-order valence-corrected chi connectivity index (χ2v) is 4.50. The molecule has 1 heterocycles. The molecule has 0 unspecified atom stereocenters. The summed E-state index contributed by atoms with van der Waals surface area (Å²) in [7, 11) is 3.20. The van der Waals surface area contributed by atoms with Crippen LogP contribution in [0.4, 0.5) is 0 Å². The second kappa shape index (κ2) is 7.05. The fourth-order valence-electron chi connectivity index (χ4n) is 2.18. The number of hydrogen-bond acceptors (Lipinski definition) is 6. The molecular formula is C14H20N4O3. The Morgan fingerprint density at radius 3 is 2.62 bits per heavy atom. The molecule has 0 amide bonds. The van der Waals surface area contributed by atoms with Gasteiger partial charge in [-0.05, 0) is 17.7 Å². The van der Waals surface area contributed by atoms with Crippen LogP contribution in [-0.2, 0) is 19.5 Å². The van der Waals surface area contributed by atoms with Gasteiger partial charge in [-0.2, -0.15) is 0 Å². The molecule has 1 aromatic carbocycles. The summed E-state index contributed by atoms with van der Waals surface area (Å²) in [4.78, 5) is 0. The van der Waals surface area contributed by atoms with Gasteiger partial charge in [0.05, 0.1) is 38.8 Å². The molecule has 0 aliphatic heterocycles. The fourth-order valence-corrected chi connectivity index (χ4v) is 2.18. The summed E-state index contributed by atoms with van der Waals surface area (Å²) in [5.41, 5.74) is 8.36. The number of hydrogen-bond donors (Lipinski definition) is 2. The summed E-state index contributed by atoms with van der Waals surface area (Å²) in [5, 5.41) is 17.2. The molecule has 0 fully saturated rings. The van der Waals surface area contributed by atoms with Gasteiger partial charge >= 0.3 is 0 Å². The van der Waals surface area contributed by atoms with E-state index in [9.17, 15) is 0 Å². The summed E-state index contributed by atoms with van der Waals surface area (Å²) in [5.74, 6) is 1.35. The zero-order chi connectivity index (χ0) is 15.2. The molecule has 114 valence electrons. The van der Waals surface area contributed by atoms with Crippen molar-refractivity contribution in [3.05, 3.63) is 35.2 Å². The monoisotopic (exact) mass is 292 g/mol. The van der Waals surface area contributed by atoms with E-state index in [-0.39, 0.29) is 6.61 Å². The number of rotatable bonds is 7. The van der Waals surface area contributed by atoms with E-state index in [2.05, 4.69) is 10.3 Å². The lowest BCUT2D eigenvalue weighted by Gasteiger charge is -2.11. The molecule has 1 aromatic heterocycles. The Balaban J connectivity index is 2.31. The van der Waals surface area contributed by atoms with Gasteiger partial charge in [0.2, 0.25) is 0 Å². The first-order valence-corrected chi connectivity index (χ1v) is 6.66. The number of ether oxygens (including phenoxy) is 2. The Morgan fingerprint density at radius 2 is 2.00 bits per heavy atom. The Kier molecular flexibility index (Phi) is 5.13. The molecule has 0 saturated heterocycles. The van der Waals surface area contributed by atoms with Crippen LogP contribution in [0.25, 0.3) is 0 Å². The van der Waals surface area contributed by atoms with E-state index in [1.807, 2.05) is 18.2 Å². The first-order valence-electron chi connectivity index (χ1n) is 6.66. The quantitative estimate of drug-likeness (QED) is 0.764. The summed E-state index contributed by atoms with van der Waals surface area (Å²) in [6.45, 7) is 0.718. The minimum Gasteiger partial charge on any atom is -0.493 e. The van der Waals surface area contributed by atoms with E-state index in [4.69, 9.17) is 20.3 Å². The molecule has 2 rings (SSSR count). The van der Waals surface area contributed by atoms with Crippen LogP contribution in [0.5, 0.6) is 11.5 Å². The van der Waals surface area contributed by atoms with Crippen molar-refractivity contribution in [3.63, 3.8) is 0 Å². The topological polar surface area (TPSA) is 95.4 Å². The van der Waals surface area contributed by atoms with Crippen molar-refractivity contribution in [3.8, 4) is 11.5 Å². The van der Waals surface area contributed by atoms with Crippen molar-refractivity contribution in [2.24, 2.45) is 5.73 Å². The zero-order valence-electron chi connectivity index (χ0n) is 12.2. The maximum atomic E-state index is 9.09. The van der Waals surface area contributed by atoms with Gasteiger partial charge in [-0.3, -0.25) is 0 Å². The molecule has 0 bridgehead atoms. The predicted octanol–water partition coefficient (Wildman–Crippen LogP) is 0.337. The Morgan fingerprint density at radius 1 is 1.24 bits per heavy atom. The molecule has 7 nitrogen and oxygen atoms in total. The van der Waals surface area contributed by atoms with E-state index < -0.39 is 0 Å².